The molecule has 0 atom stereocenters. The fraction of sp³-hybridized carbons (Fsp3) is 0.273. The van der Waals surface area contributed by atoms with Gasteiger partial charge >= 0.3 is 27.7 Å². The van der Waals surface area contributed by atoms with E-state index < -0.39 is 61.3 Å². The van der Waals surface area contributed by atoms with E-state index in [0.29, 0.717) is 4.31 Å². The number of hydrogen-bond acceptors (Lipinski definition) is 10. The van der Waals surface area contributed by atoms with Gasteiger partial charge in [-0.25, -0.2) is 18.0 Å². The van der Waals surface area contributed by atoms with Crippen LogP contribution in [0.15, 0.2) is 47.4 Å². The fourth-order valence-electron chi connectivity index (χ4n) is 2.92. The van der Waals surface area contributed by atoms with Crippen molar-refractivity contribution in [2.24, 2.45) is 0 Å². The van der Waals surface area contributed by atoms with Gasteiger partial charge in [-0.15, -0.1) is 0 Å². The Hall–Kier alpha value is -3.79. The zero-order chi connectivity index (χ0) is 28.9. The number of alkyl halides is 3. The molecule has 0 fully saturated rings. The molecule has 0 heterocycles. The van der Waals surface area contributed by atoms with E-state index in [-0.39, 0.29) is 10.5 Å². The monoisotopic (exact) mass is 581 g/mol. The molecule has 0 saturated carbocycles. The number of methoxy groups -OCH3 is 3. The van der Waals surface area contributed by atoms with Crippen LogP contribution in [0.3, 0.4) is 0 Å². The smallest absolute Gasteiger partial charge is 0.492 e. The molecule has 2 aromatic rings. The van der Waals surface area contributed by atoms with E-state index in [1.54, 1.807) is 6.92 Å². The maximum atomic E-state index is 13.0. The van der Waals surface area contributed by atoms with Gasteiger partial charge in [0.2, 0.25) is 0 Å². The molecule has 0 N–H and O–H groups in total. The van der Waals surface area contributed by atoms with Gasteiger partial charge in [-0.3, -0.25) is 0 Å². The number of nitrogens with zero attached hydrogens (tertiary/aromatic N) is 1. The van der Waals surface area contributed by atoms with Crippen molar-refractivity contribution < 1.29 is 58.0 Å². The second-order valence-electron chi connectivity index (χ2n) is 7.26. The lowest BCUT2D eigenvalue weighted by Crippen LogP contribution is -2.37. The molecule has 0 unspecified atom stereocenters. The van der Waals surface area contributed by atoms with Crippen molar-refractivity contribution in [3.63, 3.8) is 0 Å². The number of ether oxygens (including phenoxy) is 3. The van der Waals surface area contributed by atoms with E-state index in [9.17, 15) is 39.6 Å². The lowest BCUT2D eigenvalue weighted by atomic mass is 10.1. The average molecular weight is 582 g/mol. The van der Waals surface area contributed by atoms with Crippen molar-refractivity contribution in [1.82, 2.24) is 4.31 Å². The summed E-state index contributed by atoms with van der Waals surface area (Å²) >= 11 is 0. The van der Waals surface area contributed by atoms with E-state index in [2.05, 4.69) is 13.7 Å². The highest BCUT2D eigenvalue weighted by atomic mass is 32.2. The molecule has 0 spiro atoms. The number of sulfonamides is 1. The van der Waals surface area contributed by atoms with Crippen molar-refractivity contribution in [3.05, 3.63) is 59.2 Å². The Morgan fingerprint density at radius 2 is 1.53 bits per heavy atom. The Labute approximate surface area is 216 Å². The van der Waals surface area contributed by atoms with Crippen LogP contribution in [0.1, 0.15) is 21.5 Å². The molecule has 0 saturated heterocycles. The summed E-state index contributed by atoms with van der Waals surface area (Å²) in [6.45, 7) is 1.12. The van der Waals surface area contributed by atoms with Crippen LogP contribution < -0.4 is 8.92 Å². The van der Waals surface area contributed by atoms with E-state index in [1.807, 2.05) is 0 Å². The minimum Gasteiger partial charge on any atom is -0.492 e. The highest BCUT2D eigenvalue weighted by Crippen LogP contribution is 2.39. The third kappa shape index (κ3) is 6.55. The second kappa shape index (κ2) is 11.7. The molecule has 0 aliphatic rings. The summed E-state index contributed by atoms with van der Waals surface area (Å²) in [7, 11) is -7.78. The highest BCUT2D eigenvalue weighted by Gasteiger charge is 2.49. The minimum absolute atomic E-state index is 0.134. The molecular weight excluding hydrogens is 559 g/mol. The van der Waals surface area contributed by atoms with Crippen LogP contribution in [0.5, 0.6) is 11.5 Å². The third-order valence-corrected chi connectivity index (χ3v) is 7.48. The van der Waals surface area contributed by atoms with E-state index in [0.717, 1.165) is 51.2 Å². The number of rotatable bonds is 9. The summed E-state index contributed by atoms with van der Waals surface area (Å²) in [6.07, 6.45) is 0.983. The molecule has 0 radical (unpaired) electrons. The van der Waals surface area contributed by atoms with Crippen LogP contribution in [0.4, 0.5) is 18.0 Å². The predicted octanol–water partition coefficient (Wildman–Crippen LogP) is 3.49. The molecule has 2 rings (SSSR count). The molecule has 208 valence electrons. The van der Waals surface area contributed by atoms with Gasteiger partial charge in [0.1, 0.15) is 5.56 Å². The van der Waals surface area contributed by atoms with Crippen molar-refractivity contribution >= 4 is 38.3 Å². The fourth-order valence-corrected chi connectivity index (χ4v) is 4.68. The van der Waals surface area contributed by atoms with Crippen LogP contribution in [0, 0.1) is 6.92 Å². The Balaban J connectivity index is 2.55. The first-order valence-electron chi connectivity index (χ1n) is 10.2. The zero-order valence-electron chi connectivity index (χ0n) is 20.3. The Kier molecular flexibility index (Phi) is 9.39. The van der Waals surface area contributed by atoms with Gasteiger partial charge in [-0.2, -0.15) is 25.9 Å². The molecule has 0 aliphatic carbocycles. The summed E-state index contributed by atoms with van der Waals surface area (Å²) in [4.78, 5) is 24.1. The van der Waals surface area contributed by atoms with Crippen LogP contribution >= 0.6 is 0 Å². The number of carbonyl (C=O) groups is 2. The number of esters is 1. The maximum Gasteiger partial charge on any atom is 0.534 e. The number of amides is 1. The first kappa shape index (κ1) is 30.4. The van der Waals surface area contributed by atoms with Crippen LogP contribution in [0.2, 0.25) is 0 Å². The van der Waals surface area contributed by atoms with Gasteiger partial charge in [-0.05, 0) is 25.1 Å². The summed E-state index contributed by atoms with van der Waals surface area (Å²) < 4.78 is 107. The Bertz CT molecular complexity index is 1430. The van der Waals surface area contributed by atoms with E-state index in [1.165, 1.54) is 24.3 Å². The predicted molar refractivity (Wildman–Crippen MR) is 126 cm³/mol. The maximum absolute atomic E-state index is 13.0. The number of aryl methyl sites for hydroxylation is 1. The lowest BCUT2D eigenvalue weighted by molar-refractivity contribution is -0.0501. The van der Waals surface area contributed by atoms with E-state index in [4.69, 9.17) is 4.74 Å². The largest absolute Gasteiger partial charge is 0.534 e. The molecule has 2 aromatic carbocycles. The molecule has 16 heteroatoms. The van der Waals surface area contributed by atoms with Crippen molar-refractivity contribution in [1.29, 1.82) is 0 Å². The first-order chi connectivity index (χ1) is 17.6. The lowest BCUT2D eigenvalue weighted by Gasteiger charge is -2.20. The molecule has 38 heavy (non-hydrogen) atoms. The topological polar surface area (TPSA) is 143 Å². The molecule has 0 bridgehead atoms. The minimum atomic E-state index is -6.23. The molecular formula is C22H22F3NO10S2. The van der Waals surface area contributed by atoms with Crippen LogP contribution in [-0.2, 0) is 29.6 Å². The quantitative estimate of drug-likeness (QED) is 0.245. The number of benzene rings is 2. The van der Waals surface area contributed by atoms with Crippen molar-refractivity contribution in [2.45, 2.75) is 17.3 Å². The summed E-state index contributed by atoms with van der Waals surface area (Å²) in [5, 5.41) is 0. The number of carbonyl (C=O) groups excluding carboxylic acids is 2. The first-order valence-corrected chi connectivity index (χ1v) is 13.1. The second-order valence-corrected chi connectivity index (χ2v) is 10.7. The average Bonchev–Trinajstić information content (AvgIpc) is 2.85. The zero-order valence-corrected chi connectivity index (χ0v) is 21.9. The molecule has 0 aliphatic heterocycles. The molecule has 0 aromatic heterocycles. The Morgan fingerprint density at radius 1 is 0.921 bits per heavy atom. The third-order valence-electron chi connectivity index (χ3n) is 4.78. The van der Waals surface area contributed by atoms with Crippen molar-refractivity contribution in [2.75, 3.05) is 27.9 Å². The highest BCUT2D eigenvalue weighted by molar-refractivity contribution is 7.89. The van der Waals surface area contributed by atoms with Gasteiger partial charge in [-0.1, -0.05) is 35.9 Å². The van der Waals surface area contributed by atoms with Gasteiger partial charge in [0.25, 0.3) is 10.0 Å². The van der Waals surface area contributed by atoms with Crippen LogP contribution in [0.25, 0.3) is 6.08 Å². The van der Waals surface area contributed by atoms with E-state index >= 15 is 0 Å². The number of halogens is 3. The summed E-state index contributed by atoms with van der Waals surface area (Å²) in [6, 6.07) is 7.65. The summed E-state index contributed by atoms with van der Waals surface area (Å²) in [5.41, 5.74) is -5.90. The van der Waals surface area contributed by atoms with Gasteiger partial charge in [0, 0.05) is 5.56 Å². The SMILES string of the molecule is COC(=O)c1ccc(/C=C/CN(C(=O)OC)S(=O)(=O)c2ccc(C)cc2)c(OC)c1OS(=O)(=O)C(F)(F)F. The van der Waals surface area contributed by atoms with Crippen LogP contribution in [-0.4, -0.2) is 66.6 Å². The number of hydrogen-bond donors (Lipinski definition) is 0. The van der Waals surface area contributed by atoms with Crippen molar-refractivity contribution in [3.8, 4) is 11.5 Å². The molecule has 1 amide bonds. The standard InChI is InChI=1S/C22H22F3NO10S2/c1-14-7-10-16(11-8-14)37(29,30)26(21(28)35-4)13-5-6-15-9-12-17(20(27)34-3)19(18(15)33-2)36-38(31,32)22(23,24)25/h5-12H,13H2,1-4H3/b6-5+. The van der Waals surface area contributed by atoms with Gasteiger partial charge in [0.15, 0.2) is 11.5 Å². The van der Waals surface area contributed by atoms with Gasteiger partial charge < -0.3 is 18.4 Å². The normalized spacial score (nSPS) is 12.2. The van der Waals surface area contributed by atoms with Gasteiger partial charge in [0.05, 0.1) is 32.8 Å². The molecule has 11 nitrogen and oxygen atoms in total. The summed E-state index contributed by atoms with van der Waals surface area (Å²) in [5.74, 6) is -2.97. The Morgan fingerprint density at radius 3 is 2.03 bits per heavy atom.